The van der Waals surface area contributed by atoms with E-state index in [4.69, 9.17) is 19.9 Å². The number of carbonyl (C=O) groups is 2. The molecule has 0 aromatic heterocycles. The SMILES string of the molecule is CCCCC(NC(=O)COc1ccc(C(N)c2ccc(OC)cc2OC)cc1)C(=O)NC(c1ccccc1)c1ccc(C(CC)CCCC)cc1. The fourth-order valence-corrected chi connectivity index (χ4v) is 6.35. The number of hydrogen-bond donors (Lipinski definition) is 3. The minimum absolute atomic E-state index is 0.226. The molecule has 0 saturated carbocycles. The third kappa shape index (κ3) is 11.1. The molecule has 8 nitrogen and oxygen atoms in total. The average molecular weight is 694 g/mol. The molecule has 4 aromatic rings. The van der Waals surface area contributed by atoms with Crippen LogP contribution < -0.4 is 30.6 Å². The highest BCUT2D eigenvalue weighted by Crippen LogP contribution is 2.32. The highest BCUT2D eigenvalue weighted by atomic mass is 16.5. The van der Waals surface area contributed by atoms with Gasteiger partial charge in [0, 0.05) is 11.6 Å². The molecule has 0 bridgehead atoms. The fourth-order valence-electron chi connectivity index (χ4n) is 6.35. The van der Waals surface area contributed by atoms with Gasteiger partial charge >= 0.3 is 0 Å². The molecule has 4 aromatic carbocycles. The Morgan fingerprint density at radius 3 is 1.92 bits per heavy atom. The van der Waals surface area contributed by atoms with Gasteiger partial charge in [-0.3, -0.25) is 9.59 Å². The van der Waals surface area contributed by atoms with E-state index in [9.17, 15) is 9.59 Å². The number of unbranched alkanes of at least 4 members (excludes halogenated alkanes) is 2. The van der Waals surface area contributed by atoms with Gasteiger partial charge in [0.1, 0.15) is 23.3 Å². The van der Waals surface area contributed by atoms with Crippen LogP contribution in [0.5, 0.6) is 17.2 Å². The van der Waals surface area contributed by atoms with Gasteiger partial charge in [-0.05, 0) is 71.7 Å². The van der Waals surface area contributed by atoms with Crippen molar-refractivity contribution in [2.24, 2.45) is 5.73 Å². The molecular formula is C43H55N3O5. The molecule has 0 aliphatic carbocycles. The summed E-state index contributed by atoms with van der Waals surface area (Å²) in [6.07, 6.45) is 6.87. The summed E-state index contributed by atoms with van der Waals surface area (Å²) in [5.74, 6) is 1.77. The summed E-state index contributed by atoms with van der Waals surface area (Å²) < 4.78 is 16.7. The smallest absolute Gasteiger partial charge is 0.258 e. The first-order valence-electron chi connectivity index (χ1n) is 18.3. The van der Waals surface area contributed by atoms with E-state index >= 15 is 0 Å². The first kappa shape index (κ1) is 39.0. The molecule has 4 atom stereocenters. The molecule has 0 spiro atoms. The first-order chi connectivity index (χ1) is 24.8. The zero-order valence-electron chi connectivity index (χ0n) is 30.8. The van der Waals surface area contributed by atoms with Crippen molar-refractivity contribution in [1.29, 1.82) is 0 Å². The van der Waals surface area contributed by atoms with Crippen LogP contribution in [0.25, 0.3) is 0 Å². The van der Waals surface area contributed by atoms with Gasteiger partial charge in [0.25, 0.3) is 5.91 Å². The summed E-state index contributed by atoms with van der Waals surface area (Å²) in [6.45, 7) is 6.31. The van der Waals surface area contributed by atoms with Crippen LogP contribution in [0.15, 0.2) is 97.1 Å². The minimum atomic E-state index is -0.704. The molecule has 0 aliphatic heterocycles. The van der Waals surface area contributed by atoms with E-state index < -0.39 is 12.1 Å². The first-order valence-corrected chi connectivity index (χ1v) is 18.3. The van der Waals surface area contributed by atoms with E-state index in [1.165, 1.54) is 24.8 Å². The number of nitrogens with two attached hydrogens (primary N) is 1. The third-order valence-electron chi connectivity index (χ3n) is 9.44. The number of hydrogen-bond acceptors (Lipinski definition) is 6. The number of rotatable bonds is 20. The number of carbonyl (C=O) groups excluding carboxylic acids is 2. The van der Waals surface area contributed by atoms with Gasteiger partial charge in [0.15, 0.2) is 6.61 Å². The van der Waals surface area contributed by atoms with Crippen LogP contribution in [0.3, 0.4) is 0 Å². The van der Waals surface area contributed by atoms with Crippen LogP contribution in [-0.4, -0.2) is 38.7 Å². The maximum atomic E-state index is 13.9. The van der Waals surface area contributed by atoms with E-state index in [-0.39, 0.29) is 24.5 Å². The molecule has 4 unspecified atom stereocenters. The minimum Gasteiger partial charge on any atom is -0.497 e. The monoisotopic (exact) mass is 693 g/mol. The largest absolute Gasteiger partial charge is 0.497 e. The van der Waals surface area contributed by atoms with Crippen molar-refractivity contribution in [2.75, 3.05) is 20.8 Å². The zero-order chi connectivity index (χ0) is 36.6. The molecule has 272 valence electrons. The van der Waals surface area contributed by atoms with Crippen molar-refractivity contribution in [3.05, 3.63) is 125 Å². The van der Waals surface area contributed by atoms with Gasteiger partial charge in [0.05, 0.1) is 26.3 Å². The molecule has 0 aliphatic rings. The second-order valence-electron chi connectivity index (χ2n) is 13.0. The van der Waals surface area contributed by atoms with Crippen molar-refractivity contribution in [3.8, 4) is 17.2 Å². The molecule has 4 rings (SSSR count). The number of amides is 2. The Balaban J connectivity index is 1.41. The summed E-state index contributed by atoms with van der Waals surface area (Å²) >= 11 is 0. The summed E-state index contributed by atoms with van der Waals surface area (Å²) in [5, 5.41) is 6.19. The number of benzene rings is 4. The lowest BCUT2D eigenvalue weighted by molar-refractivity contribution is -0.130. The topological polar surface area (TPSA) is 112 Å². The number of nitrogens with one attached hydrogen (secondary N) is 2. The fraction of sp³-hybridized carbons (Fsp3) is 0.395. The molecular weight excluding hydrogens is 638 g/mol. The van der Waals surface area contributed by atoms with Gasteiger partial charge in [-0.25, -0.2) is 0 Å². The molecule has 2 amide bonds. The van der Waals surface area contributed by atoms with Gasteiger partial charge in [-0.2, -0.15) is 0 Å². The molecule has 51 heavy (non-hydrogen) atoms. The van der Waals surface area contributed by atoms with Gasteiger partial charge < -0.3 is 30.6 Å². The molecule has 0 fully saturated rings. The van der Waals surface area contributed by atoms with Crippen molar-refractivity contribution < 1.29 is 23.8 Å². The molecule has 4 N–H and O–H groups in total. The molecule has 0 saturated heterocycles. The Hall–Kier alpha value is -4.82. The maximum Gasteiger partial charge on any atom is 0.258 e. The van der Waals surface area contributed by atoms with E-state index in [1.54, 1.807) is 32.4 Å². The van der Waals surface area contributed by atoms with Crippen molar-refractivity contribution >= 4 is 11.8 Å². The summed E-state index contributed by atoms with van der Waals surface area (Å²) in [7, 11) is 3.20. The van der Waals surface area contributed by atoms with Crippen molar-refractivity contribution in [3.63, 3.8) is 0 Å². The Morgan fingerprint density at radius 1 is 0.686 bits per heavy atom. The van der Waals surface area contributed by atoms with E-state index in [0.29, 0.717) is 29.6 Å². The molecule has 0 heterocycles. The normalized spacial score (nSPS) is 13.4. The lowest BCUT2D eigenvalue weighted by Gasteiger charge is -2.25. The van der Waals surface area contributed by atoms with Crippen molar-refractivity contribution in [1.82, 2.24) is 10.6 Å². The second-order valence-corrected chi connectivity index (χ2v) is 13.0. The van der Waals surface area contributed by atoms with E-state index in [2.05, 4.69) is 55.7 Å². The Morgan fingerprint density at radius 2 is 1.29 bits per heavy atom. The van der Waals surface area contributed by atoms with Crippen molar-refractivity contribution in [2.45, 2.75) is 89.8 Å². The Bertz CT molecular complexity index is 1640. The summed E-state index contributed by atoms with van der Waals surface area (Å²) in [5.41, 5.74) is 11.6. The van der Waals surface area contributed by atoms with Gasteiger partial charge in [-0.15, -0.1) is 0 Å². The number of methoxy groups -OCH3 is 2. The lowest BCUT2D eigenvalue weighted by Crippen LogP contribution is -2.49. The second kappa shape index (κ2) is 20.1. The van der Waals surface area contributed by atoms with Gasteiger partial charge in [0.2, 0.25) is 5.91 Å². The summed E-state index contributed by atoms with van der Waals surface area (Å²) in [4.78, 5) is 27.0. The van der Waals surface area contributed by atoms with E-state index in [0.717, 1.165) is 41.5 Å². The average Bonchev–Trinajstić information content (AvgIpc) is 3.18. The quantitative estimate of drug-likeness (QED) is 0.0858. The van der Waals surface area contributed by atoms with Crippen LogP contribution in [0, 0.1) is 0 Å². The zero-order valence-corrected chi connectivity index (χ0v) is 30.8. The molecule has 8 heteroatoms. The molecule has 0 radical (unpaired) electrons. The van der Waals surface area contributed by atoms with Crippen LogP contribution in [-0.2, 0) is 9.59 Å². The Labute approximate surface area is 304 Å². The maximum absolute atomic E-state index is 13.9. The van der Waals surface area contributed by atoms with Crippen LogP contribution in [0.1, 0.15) is 112 Å². The standard InChI is InChI=1S/C43H55N3O5/c1-6-9-14-30(8-3)31-18-20-34(21-19-31)42(33-15-12-11-13-16-33)46-43(48)38(17-10-7-2)45-40(47)29-51-35-24-22-32(23-25-35)41(44)37-27-26-36(49-4)28-39(37)50-5/h11-13,15-16,18-28,30,38,41-42H,6-10,14,17,29,44H2,1-5H3,(H,45,47)(H,46,48). The summed E-state index contributed by atoms with van der Waals surface area (Å²) in [6, 6.07) is 29.9. The van der Waals surface area contributed by atoms with Crippen LogP contribution in [0.4, 0.5) is 0 Å². The highest BCUT2D eigenvalue weighted by molar-refractivity contribution is 5.88. The third-order valence-corrected chi connectivity index (χ3v) is 9.44. The predicted molar refractivity (Wildman–Crippen MR) is 204 cm³/mol. The van der Waals surface area contributed by atoms with Crippen LogP contribution in [0.2, 0.25) is 0 Å². The van der Waals surface area contributed by atoms with E-state index in [1.807, 2.05) is 54.6 Å². The van der Waals surface area contributed by atoms with Crippen LogP contribution >= 0.6 is 0 Å². The Kier molecular flexibility index (Phi) is 15.4. The predicted octanol–water partition coefficient (Wildman–Crippen LogP) is 8.40. The van der Waals surface area contributed by atoms with Gasteiger partial charge in [-0.1, -0.05) is 113 Å². The lowest BCUT2D eigenvalue weighted by atomic mass is 9.89. The highest BCUT2D eigenvalue weighted by Gasteiger charge is 2.25. The number of ether oxygens (including phenoxy) is 3.